The van der Waals surface area contributed by atoms with Crippen LogP contribution in [-0.2, 0) is 14.9 Å². The van der Waals surface area contributed by atoms with Crippen molar-refractivity contribution >= 4 is 5.97 Å². The highest BCUT2D eigenvalue weighted by atomic mass is 19.3. The highest BCUT2D eigenvalue weighted by Gasteiger charge is 2.54. The molecule has 2 aliphatic rings. The maximum Gasteiger partial charge on any atom is 0.586 e. The molecule has 102 valence electrons. The molecule has 1 aromatic carbocycles. The average Bonchev–Trinajstić information content (AvgIpc) is 3.07. The topological polar surface area (TPSA) is 44.8 Å². The zero-order valence-electron chi connectivity index (χ0n) is 10.2. The van der Waals surface area contributed by atoms with Crippen molar-refractivity contribution in [1.29, 1.82) is 0 Å². The Bertz CT molecular complexity index is 537. The summed E-state index contributed by atoms with van der Waals surface area (Å²) >= 11 is 0. The van der Waals surface area contributed by atoms with Crippen molar-refractivity contribution in [2.45, 2.75) is 31.5 Å². The molecule has 0 radical (unpaired) electrons. The van der Waals surface area contributed by atoms with E-state index in [1.54, 1.807) is 13.0 Å². The Hall–Kier alpha value is -1.85. The van der Waals surface area contributed by atoms with Gasteiger partial charge >= 0.3 is 12.3 Å². The van der Waals surface area contributed by atoms with Crippen LogP contribution in [0.25, 0.3) is 0 Å². The second-order valence-corrected chi connectivity index (χ2v) is 4.63. The molecule has 1 heterocycles. The molecule has 0 bridgehead atoms. The first-order valence-electron chi connectivity index (χ1n) is 6.04. The Morgan fingerprint density at radius 2 is 2.00 bits per heavy atom. The third-order valence-electron chi connectivity index (χ3n) is 3.37. The third kappa shape index (κ3) is 1.91. The quantitative estimate of drug-likeness (QED) is 0.792. The largest absolute Gasteiger partial charge is 0.586 e. The molecule has 1 aliphatic heterocycles. The van der Waals surface area contributed by atoms with E-state index in [-0.39, 0.29) is 17.5 Å². The van der Waals surface area contributed by atoms with Gasteiger partial charge in [0.15, 0.2) is 11.5 Å². The van der Waals surface area contributed by atoms with Crippen molar-refractivity contribution in [3.05, 3.63) is 23.8 Å². The van der Waals surface area contributed by atoms with Crippen LogP contribution < -0.4 is 9.47 Å². The first-order chi connectivity index (χ1) is 8.97. The molecule has 0 aromatic heterocycles. The van der Waals surface area contributed by atoms with Crippen LogP contribution in [0, 0.1) is 0 Å². The highest BCUT2D eigenvalue weighted by Crippen LogP contribution is 2.52. The molecular formula is C13H12F2O4. The van der Waals surface area contributed by atoms with Crippen molar-refractivity contribution in [2.24, 2.45) is 0 Å². The van der Waals surface area contributed by atoms with Gasteiger partial charge in [-0.05, 0) is 37.5 Å². The van der Waals surface area contributed by atoms with Crippen LogP contribution in [0.4, 0.5) is 8.78 Å². The van der Waals surface area contributed by atoms with Crippen molar-refractivity contribution in [3.63, 3.8) is 0 Å². The van der Waals surface area contributed by atoms with Gasteiger partial charge in [0, 0.05) is 0 Å². The van der Waals surface area contributed by atoms with Gasteiger partial charge in [0.05, 0.1) is 12.0 Å². The molecule has 0 atom stereocenters. The van der Waals surface area contributed by atoms with Crippen LogP contribution >= 0.6 is 0 Å². The predicted octanol–water partition coefficient (Wildman–Crippen LogP) is 2.60. The summed E-state index contributed by atoms with van der Waals surface area (Å²) in [6.07, 6.45) is -2.33. The zero-order chi connectivity index (χ0) is 13.7. The van der Waals surface area contributed by atoms with Crippen LogP contribution in [-0.4, -0.2) is 18.9 Å². The average molecular weight is 270 g/mol. The number of carbonyl (C=O) groups is 1. The molecular weight excluding hydrogens is 258 g/mol. The molecule has 0 amide bonds. The second-order valence-electron chi connectivity index (χ2n) is 4.63. The predicted molar refractivity (Wildman–Crippen MR) is 60.2 cm³/mol. The van der Waals surface area contributed by atoms with Crippen molar-refractivity contribution in [1.82, 2.24) is 0 Å². The summed E-state index contributed by atoms with van der Waals surface area (Å²) in [7, 11) is 0. The van der Waals surface area contributed by atoms with E-state index in [9.17, 15) is 13.6 Å². The van der Waals surface area contributed by atoms with Crippen LogP contribution in [0.3, 0.4) is 0 Å². The molecule has 1 aromatic rings. The first kappa shape index (κ1) is 12.2. The molecule has 3 rings (SSSR count). The molecule has 19 heavy (non-hydrogen) atoms. The van der Waals surface area contributed by atoms with E-state index in [4.69, 9.17) is 4.74 Å². The first-order valence-corrected chi connectivity index (χ1v) is 6.04. The van der Waals surface area contributed by atoms with Crippen LogP contribution in [0.1, 0.15) is 25.3 Å². The van der Waals surface area contributed by atoms with Crippen LogP contribution in [0.15, 0.2) is 18.2 Å². The Morgan fingerprint density at radius 3 is 2.63 bits per heavy atom. The van der Waals surface area contributed by atoms with Crippen molar-refractivity contribution < 1.29 is 27.8 Å². The van der Waals surface area contributed by atoms with Crippen molar-refractivity contribution in [2.75, 3.05) is 6.61 Å². The van der Waals surface area contributed by atoms with E-state index < -0.39 is 11.7 Å². The number of fused-ring (bicyclic) bond motifs is 1. The van der Waals surface area contributed by atoms with E-state index in [0.29, 0.717) is 25.0 Å². The summed E-state index contributed by atoms with van der Waals surface area (Å²) in [5.74, 6) is -0.382. The van der Waals surface area contributed by atoms with E-state index >= 15 is 0 Å². The van der Waals surface area contributed by atoms with Gasteiger partial charge in [-0.15, -0.1) is 8.78 Å². The second kappa shape index (κ2) is 3.82. The number of hydrogen-bond acceptors (Lipinski definition) is 4. The Labute approximate surface area is 108 Å². The summed E-state index contributed by atoms with van der Waals surface area (Å²) in [6, 6.07) is 4.43. The van der Waals surface area contributed by atoms with E-state index in [1.807, 2.05) is 0 Å². The lowest BCUT2D eigenvalue weighted by Crippen LogP contribution is -2.26. The summed E-state index contributed by atoms with van der Waals surface area (Å²) in [6.45, 7) is 2.03. The summed E-state index contributed by atoms with van der Waals surface area (Å²) < 4.78 is 39.6. The monoisotopic (exact) mass is 270 g/mol. The Balaban J connectivity index is 1.91. The highest BCUT2D eigenvalue weighted by molar-refractivity contribution is 5.87. The van der Waals surface area contributed by atoms with E-state index in [1.165, 1.54) is 12.1 Å². The number of hydrogen-bond donors (Lipinski definition) is 0. The minimum Gasteiger partial charge on any atom is -0.465 e. The number of benzene rings is 1. The summed E-state index contributed by atoms with van der Waals surface area (Å²) in [5, 5.41) is 0. The molecule has 1 fully saturated rings. The van der Waals surface area contributed by atoms with Gasteiger partial charge in [0.1, 0.15) is 0 Å². The van der Waals surface area contributed by atoms with E-state index in [0.717, 1.165) is 0 Å². The molecule has 1 saturated carbocycles. The molecule has 0 spiro atoms. The maximum absolute atomic E-state index is 12.9. The molecule has 6 heteroatoms. The van der Waals surface area contributed by atoms with Gasteiger partial charge in [-0.2, -0.15) is 0 Å². The van der Waals surface area contributed by atoms with Gasteiger partial charge in [0.25, 0.3) is 0 Å². The van der Waals surface area contributed by atoms with Crippen LogP contribution in [0.5, 0.6) is 11.5 Å². The normalized spacial score (nSPS) is 21.0. The van der Waals surface area contributed by atoms with Crippen molar-refractivity contribution in [3.8, 4) is 11.5 Å². The molecule has 1 aliphatic carbocycles. The Morgan fingerprint density at radius 1 is 1.32 bits per heavy atom. The fourth-order valence-corrected chi connectivity index (χ4v) is 2.25. The lowest BCUT2D eigenvalue weighted by atomic mass is 9.96. The maximum atomic E-state index is 12.9. The molecule has 0 N–H and O–H groups in total. The minimum absolute atomic E-state index is 0.0200. The molecule has 0 saturated heterocycles. The summed E-state index contributed by atoms with van der Waals surface area (Å²) in [4.78, 5) is 11.9. The van der Waals surface area contributed by atoms with Gasteiger partial charge in [0.2, 0.25) is 0 Å². The van der Waals surface area contributed by atoms with Gasteiger partial charge in [-0.1, -0.05) is 6.07 Å². The fraction of sp³-hybridized carbons (Fsp3) is 0.462. The lowest BCUT2D eigenvalue weighted by molar-refractivity contribution is -0.286. The standard InChI is InChI=1S/C13H12F2O4/c1-2-17-11(16)12(5-6-12)8-3-4-9-10(7-8)19-13(14,15)18-9/h3-4,7H,2,5-6H2,1H3. The molecule has 0 unspecified atom stereocenters. The number of esters is 1. The third-order valence-corrected chi connectivity index (χ3v) is 3.37. The van der Waals surface area contributed by atoms with Crippen LogP contribution in [0.2, 0.25) is 0 Å². The number of ether oxygens (including phenoxy) is 3. The fourth-order valence-electron chi connectivity index (χ4n) is 2.25. The lowest BCUT2D eigenvalue weighted by Gasteiger charge is -2.14. The van der Waals surface area contributed by atoms with E-state index in [2.05, 4.69) is 9.47 Å². The molecule has 4 nitrogen and oxygen atoms in total. The minimum atomic E-state index is -3.64. The number of rotatable bonds is 3. The summed E-state index contributed by atoms with van der Waals surface area (Å²) in [5.41, 5.74) is -0.0716. The van der Waals surface area contributed by atoms with Gasteiger partial charge < -0.3 is 14.2 Å². The number of alkyl halides is 2. The number of halogens is 2. The Kier molecular flexibility index (Phi) is 2.45. The number of carbonyl (C=O) groups excluding carboxylic acids is 1. The van der Waals surface area contributed by atoms with Gasteiger partial charge in [-0.25, -0.2) is 0 Å². The smallest absolute Gasteiger partial charge is 0.465 e. The SMILES string of the molecule is CCOC(=O)C1(c2ccc3c(c2)OC(F)(F)O3)CC1. The zero-order valence-corrected chi connectivity index (χ0v) is 10.2. The van der Waals surface area contributed by atoms with Gasteiger partial charge in [-0.3, -0.25) is 4.79 Å².